The highest BCUT2D eigenvalue weighted by Gasteiger charge is 2.23. The molecule has 9 nitrogen and oxygen atoms in total. The summed E-state index contributed by atoms with van der Waals surface area (Å²) >= 11 is 0.972. The fraction of sp³-hybridized carbons (Fsp3) is 0.680. The van der Waals surface area contributed by atoms with Crippen molar-refractivity contribution in [2.75, 3.05) is 19.8 Å². The Bertz CT molecular complexity index is 756. The summed E-state index contributed by atoms with van der Waals surface area (Å²) in [4.78, 5) is 49.8. The molecule has 4 unspecified atom stereocenters. The Morgan fingerprint density at radius 3 is 2.03 bits per heavy atom. The van der Waals surface area contributed by atoms with E-state index in [1.54, 1.807) is 0 Å². The summed E-state index contributed by atoms with van der Waals surface area (Å²) in [6.07, 6.45) is 2.84. The van der Waals surface area contributed by atoms with Crippen molar-refractivity contribution in [1.82, 2.24) is 20.9 Å². The van der Waals surface area contributed by atoms with Crippen LogP contribution in [0.3, 0.4) is 0 Å². The highest BCUT2D eigenvalue weighted by molar-refractivity contribution is 8.13. The predicted octanol–water partition coefficient (Wildman–Crippen LogP) is 3.57. The molecular formula is C25H44N4O5S. The normalized spacial score (nSPS) is 14.0. The van der Waals surface area contributed by atoms with Crippen LogP contribution in [-0.4, -0.2) is 66.0 Å². The zero-order valence-electron chi connectivity index (χ0n) is 22.4. The number of carbonyl (C=O) groups is 4. The largest absolute Gasteiger partial charge is 0.454 e. The van der Waals surface area contributed by atoms with Crippen molar-refractivity contribution in [2.24, 2.45) is 5.92 Å². The maximum atomic E-state index is 12.8. The lowest BCUT2D eigenvalue weighted by atomic mass is 10.0. The van der Waals surface area contributed by atoms with Gasteiger partial charge in [0.25, 0.3) is 0 Å². The first-order valence-electron chi connectivity index (χ1n) is 12.1. The van der Waals surface area contributed by atoms with E-state index in [0.29, 0.717) is 24.3 Å². The van der Waals surface area contributed by atoms with Gasteiger partial charge in [-0.2, -0.15) is 0 Å². The van der Waals surface area contributed by atoms with Gasteiger partial charge in [0.2, 0.25) is 17.7 Å². The Balaban J connectivity index is 4.77. The first kappa shape index (κ1) is 32.5. The Hall–Kier alpha value is -2.49. The molecule has 0 bridgehead atoms. The fourth-order valence-electron chi connectivity index (χ4n) is 3.29. The molecule has 0 aliphatic carbocycles. The zero-order chi connectivity index (χ0) is 27.1. The smallest absolute Gasteiger partial charge is 0.367 e. The van der Waals surface area contributed by atoms with Crippen molar-refractivity contribution in [2.45, 2.75) is 84.9 Å². The lowest BCUT2D eigenvalue weighted by molar-refractivity contribution is -0.127. The van der Waals surface area contributed by atoms with Crippen molar-refractivity contribution >= 4 is 34.8 Å². The van der Waals surface area contributed by atoms with E-state index in [-0.39, 0.29) is 36.3 Å². The van der Waals surface area contributed by atoms with Gasteiger partial charge < -0.3 is 25.6 Å². The first-order valence-corrected chi connectivity index (χ1v) is 13.0. The molecule has 4 atom stereocenters. The number of hydrogen-bond acceptors (Lipinski definition) is 7. The molecule has 0 spiro atoms. The molecule has 0 fully saturated rings. The van der Waals surface area contributed by atoms with Crippen LogP contribution in [0.1, 0.15) is 66.7 Å². The molecule has 0 aromatic carbocycles. The molecule has 0 aliphatic rings. The Morgan fingerprint density at radius 2 is 1.54 bits per heavy atom. The van der Waals surface area contributed by atoms with Crippen LogP contribution in [-0.2, 0) is 19.1 Å². The van der Waals surface area contributed by atoms with E-state index in [1.165, 1.54) is 13.8 Å². The summed E-state index contributed by atoms with van der Waals surface area (Å²) in [6, 6.07) is -0.758. The minimum absolute atomic E-state index is 0.0530. The number of nitrogens with one attached hydrogen (secondary N) is 3. The molecule has 3 N–H and O–H groups in total. The average molecular weight is 513 g/mol. The van der Waals surface area contributed by atoms with E-state index in [9.17, 15) is 19.2 Å². The van der Waals surface area contributed by atoms with E-state index in [2.05, 4.69) is 29.1 Å². The van der Waals surface area contributed by atoms with E-state index in [1.807, 2.05) is 39.8 Å². The van der Waals surface area contributed by atoms with Gasteiger partial charge in [-0.15, -0.1) is 0 Å². The van der Waals surface area contributed by atoms with Crippen LogP contribution in [0.15, 0.2) is 24.6 Å². The Kier molecular flexibility index (Phi) is 15.8. The standard InChI is InChI=1S/C25H44N4O5S/c1-10-21(27-19(6)30)12-13-22(11-2)34-25(33)35-15-14-23(28-20(7)31)24(32)26-17(4)16(3)18(5)29(8)9/h16,21-23H,4-5,10-15H2,1-3,6-9H3,(H,26,32)(H,27,30)(H,28,31). The van der Waals surface area contributed by atoms with E-state index < -0.39 is 17.3 Å². The van der Waals surface area contributed by atoms with Gasteiger partial charge in [0.05, 0.1) is 0 Å². The van der Waals surface area contributed by atoms with Gasteiger partial charge in [-0.3, -0.25) is 14.4 Å². The van der Waals surface area contributed by atoms with Crippen molar-refractivity contribution < 1.29 is 23.9 Å². The van der Waals surface area contributed by atoms with Crippen molar-refractivity contribution in [1.29, 1.82) is 0 Å². The number of rotatable bonds is 16. The Morgan fingerprint density at radius 1 is 0.943 bits per heavy atom. The lowest BCUT2D eigenvalue weighted by Gasteiger charge is -2.25. The second-order valence-corrected chi connectivity index (χ2v) is 9.82. The monoisotopic (exact) mass is 512 g/mol. The van der Waals surface area contributed by atoms with Crippen LogP contribution in [0.4, 0.5) is 4.79 Å². The molecule has 200 valence electrons. The zero-order valence-corrected chi connectivity index (χ0v) is 23.2. The minimum atomic E-state index is -0.811. The quantitative estimate of drug-likeness (QED) is 0.271. The van der Waals surface area contributed by atoms with Crippen LogP contribution in [0.25, 0.3) is 0 Å². The van der Waals surface area contributed by atoms with Gasteiger partial charge in [-0.05, 0) is 43.9 Å². The van der Waals surface area contributed by atoms with Gasteiger partial charge in [-0.1, -0.05) is 33.9 Å². The molecular weight excluding hydrogens is 468 g/mol. The lowest BCUT2D eigenvalue weighted by Crippen LogP contribution is -2.46. The molecule has 3 amide bonds. The number of amides is 3. The van der Waals surface area contributed by atoms with E-state index >= 15 is 0 Å². The molecule has 0 heterocycles. The van der Waals surface area contributed by atoms with Crippen LogP contribution in [0.2, 0.25) is 0 Å². The SMILES string of the molecule is C=C(NC(=O)C(CCSC(=O)OC(CC)CCC(CC)NC(C)=O)NC(C)=O)C(C)C(=C)N(C)C. The molecule has 35 heavy (non-hydrogen) atoms. The second-order valence-electron chi connectivity index (χ2n) is 8.79. The summed E-state index contributed by atoms with van der Waals surface area (Å²) in [5.41, 5.74) is 1.27. The maximum Gasteiger partial charge on any atom is 0.367 e. The molecule has 0 aromatic heterocycles. The van der Waals surface area contributed by atoms with Crippen LogP contribution < -0.4 is 16.0 Å². The summed E-state index contributed by atoms with van der Waals surface area (Å²) in [5, 5.41) is 7.86. The van der Waals surface area contributed by atoms with E-state index in [0.717, 1.165) is 30.3 Å². The van der Waals surface area contributed by atoms with Crippen LogP contribution in [0.5, 0.6) is 0 Å². The minimum Gasteiger partial charge on any atom is -0.454 e. The number of thioether (sulfide) groups is 1. The van der Waals surface area contributed by atoms with Gasteiger partial charge in [0, 0.05) is 57.0 Å². The molecule has 0 rings (SSSR count). The number of hydrogen-bond donors (Lipinski definition) is 3. The summed E-state index contributed by atoms with van der Waals surface area (Å²) in [5.74, 6) is -0.697. The van der Waals surface area contributed by atoms with Gasteiger partial charge >= 0.3 is 5.30 Å². The number of ether oxygens (including phenoxy) is 1. The van der Waals surface area contributed by atoms with Gasteiger partial charge in [0.15, 0.2) is 0 Å². The maximum absolute atomic E-state index is 12.8. The molecule has 0 radical (unpaired) electrons. The third-order valence-corrected chi connectivity index (χ3v) is 6.43. The number of carbonyl (C=O) groups excluding carboxylic acids is 4. The Labute approximate surface area is 214 Å². The highest BCUT2D eigenvalue weighted by Crippen LogP contribution is 2.18. The van der Waals surface area contributed by atoms with Gasteiger partial charge in [0.1, 0.15) is 12.1 Å². The first-order chi connectivity index (χ1) is 16.3. The highest BCUT2D eigenvalue weighted by atomic mass is 32.2. The fourth-order valence-corrected chi connectivity index (χ4v) is 4.01. The van der Waals surface area contributed by atoms with Crippen molar-refractivity contribution in [3.8, 4) is 0 Å². The van der Waals surface area contributed by atoms with Crippen LogP contribution in [0, 0.1) is 5.92 Å². The molecule has 10 heteroatoms. The summed E-state index contributed by atoms with van der Waals surface area (Å²) < 4.78 is 5.56. The average Bonchev–Trinajstić information content (AvgIpc) is 2.78. The van der Waals surface area contributed by atoms with Gasteiger partial charge in [-0.25, -0.2) is 4.79 Å². The van der Waals surface area contributed by atoms with Crippen molar-refractivity contribution in [3.63, 3.8) is 0 Å². The second kappa shape index (κ2) is 17.0. The van der Waals surface area contributed by atoms with Crippen molar-refractivity contribution in [3.05, 3.63) is 24.6 Å². The molecule has 0 aliphatic heterocycles. The topological polar surface area (TPSA) is 117 Å². The summed E-state index contributed by atoms with van der Waals surface area (Å²) in [6.45, 7) is 16.6. The molecule has 0 saturated heterocycles. The third kappa shape index (κ3) is 13.9. The third-order valence-electron chi connectivity index (χ3n) is 5.66. The molecule has 0 aromatic rings. The molecule has 0 saturated carbocycles. The van der Waals surface area contributed by atoms with Crippen LogP contribution >= 0.6 is 11.8 Å². The summed E-state index contributed by atoms with van der Waals surface area (Å²) in [7, 11) is 3.72. The van der Waals surface area contributed by atoms with E-state index in [4.69, 9.17) is 4.74 Å². The number of nitrogens with zero attached hydrogens (tertiary/aromatic N) is 1. The predicted molar refractivity (Wildman–Crippen MR) is 142 cm³/mol.